The average Bonchev–Trinajstić information content (AvgIpc) is 2.42. The normalized spacial score (nSPS) is 12.1. The Hall–Kier alpha value is -1.09. The van der Waals surface area contributed by atoms with E-state index in [0.29, 0.717) is 12.2 Å². The van der Waals surface area contributed by atoms with E-state index in [9.17, 15) is 17.2 Å². The quantitative estimate of drug-likeness (QED) is 0.734. The molecule has 5 nitrogen and oxygen atoms in total. The zero-order valence-electron chi connectivity index (χ0n) is 12.3. The number of nitrogens with zero attached hydrogens (tertiary/aromatic N) is 1. The van der Waals surface area contributed by atoms with Crippen LogP contribution >= 0.6 is 0 Å². The molecule has 21 heavy (non-hydrogen) atoms. The molecule has 0 aliphatic rings. The van der Waals surface area contributed by atoms with Gasteiger partial charge in [0.2, 0.25) is 10.0 Å². The largest absolute Gasteiger partial charge is 0.380 e. The van der Waals surface area contributed by atoms with Crippen molar-refractivity contribution in [2.45, 2.75) is 18.4 Å². The van der Waals surface area contributed by atoms with E-state index in [4.69, 9.17) is 4.74 Å². The third kappa shape index (κ3) is 4.44. The summed E-state index contributed by atoms with van der Waals surface area (Å²) in [6.45, 7) is 2.72. The molecule has 0 spiro atoms. The molecule has 0 atom stereocenters. The predicted molar refractivity (Wildman–Crippen MR) is 75.4 cm³/mol. The highest BCUT2D eigenvalue weighted by Gasteiger charge is 2.27. The van der Waals surface area contributed by atoms with Crippen LogP contribution in [0.1, 0.15) is 12.5 Å². The number of halogens is 2. The summed E-state index contributed by atoms with van der Waals surface area (Å²) in [6.07, 6.45) is 0. The Labute approximate surface area is 124 Å². The van der Waals surface area contributed by atoms with Gasteiger partial charge in [-0.05, 0) is 31.7 Å². The third-order valence-electron chi connectivity index (χ3n) is 2.88. The lowest BCUT2D eigenvalue weighted by Crippen LogP contribution is -2.31. The van der Waals surface area contributed by atoms with Gasteiger partial charge in [0.05, 0.1) is 6.61 Å². The lowest BCUT2D eigenvalue weighted by molar-refractivity contribution is 0.138. The van der Waals surface area contributed by atoms with Crippen molar-refractivity contribution in [3.05, 3.63) is 29.3 Å². The van der Waals surface area contributed by atoms with Crippen molar-refractivity contribution in [3.8, 4) is 0 Å². The molecule has 0 saturated heterocycles. The van der Waals surface area contributed by atoms with E-state index in [1.165, 1.54) is 7.05 Å². The topological polar surface area (TPSA) is 58.6 Å². The molecule has 0 radical (unpaired) electrons. The molecule has 0 fully saturated rings. The molecule has 0 amide bonds. The van der Waals surface area contributed by atoms with E-state index in [1.54, 1.807) is 14.0 Å². The number of sulfonamides is 1. The van der Waals surface area contributed by atoms with Gasteiger partial charge in [-0.15, -0.1) is 0 Å². The van der Waals surface area contributed by atoms with E-state index < -0.39 is 26.6 Å². The molecule has 0 aromatic heterocycles. The molecule has 0 heterocycles. The Morgan fingerprint density at radius 2 is 2.00 bits per heavy atom. The SMILES string of the molecule is CCOCCN(C)S(=O)(=O)c1cc(CNC)cc(F)c1F. The minimum absolute atomic E-state index is 0.0630. The Morgan fingerprint density at radius 3 is 2.57 bits per heavy atom. The fourth-order valence-electron chi connectivity index (χ4n) is 1.74. The summed E-state index contributed by atoms with van der Waals surface area (Å²) >= 11 is 0. The van der Waals surface area contributed by atoms with Crippen LogP contribution in [-0.4, -0.2) is 46.6 Å². The molecule has 0 saturated carbocycles. The van der Waals surface area contributed by atoms with Crippen LogP contribution in [0.15, 0.2) is 17.0 Å². The molecule has 0 unspecified atom stereocenters. The van der Waals surface area contributed by atoms with Crippen molar-refractivity contribution in [2.24, 2.45) is 0 Å². The fourth-order valence-corrected chi connectivity index (χ4v) is 3.01. The zero-order chi connectivity index (χ0) is 16.0. The smallest absolute Gasteiger partial charge is 0.245 e. The van der Waals surface area contributed by atoms with E-state index in [-0.39, 0.29) is 19.7 Å². The minimum Gasteiger partial charge on any atom is -0.380 e. The van der Waals surface area contributed by atoms with Gasteiger partial charge in [0.1, 0.15) is 4.90 Å². The van der Waals surface area contributed by atoms with Gasteiger partial charge in [0.25, 0.3) is 0 Å². The number of nitrogens with one attached hydrogen (secondary N) is 1. The monoisotopic (exact) mass is 322 g/mol. The second-order valence-corrected chi connectivity index (χ2v) is 6.46. The van der Waals surface area contributed by atoms with Gasteiger partial charge in [-0.2, -0.15) is 4.31 Å². The van der Waals surface area contributed by atoms with Crippen LogP contribution in [0.5, 0.6) is 0 Å². The van der Waals surface area contributed by atoms with E-state index in [0.717, 1.165) is 16.4 Å². The highest BCUT2D eigenvalue weighted by molar-refractivity contribution is 7.89. The van der Waals surface area contributed by atoms with Gasteiger partial charge >= 0.3 is 0 Å². The van der Waals surface area contributed by atoms with Crippen LogP contribution in [0.3, 0.4) is 0 Å². The zero-order valence-corrected chi connectivity index (χ0v) is 13.1. The van der Waals surface area contributed by atoms with Crippen LogP contribution in [0.2, 0.25) is 0 Å². The van der Waals surface area contributed by atoms with Crippen molar-refractivity contribution in [3.63, 3.8) is 0 Å². The van der Waals surface area contributed by atoms with Gasteiger partial charge < -0.3 is 10.1 Å². The molecule has 8 heteroatoms. The summed E-state index contributed by atoms with van der Waals surface area (Å²) in [7, 11) is -1.17. The third-order valence-corrected chi connectivity index (χ3v) is 4.73. The Balaban J connectivity index is 3.11. The van der Waals surface area contributed by atoms with Gasteiger partial charge in [0, 0.05) is 26.7 Å². The average molecular weight is 322 g/mol. The summed E-state index contributed by atoms with van der Waals surface area (Å²) in [5.74, 6) is -2.54. The summed E-state index contributed by atoms with van der Waals surface area (Å²) in [6, 6.07) is 2.12. The Kier molecular flexibility index (Phi) is 6.66. The highest BCUT2D eigenvalue weighted by Crippen LogP contribution is 2.22. The van der Waals surface area contributed by atoms with Crippen molar-refractivity contribution in [1.29, 1.82) is 0 Å². The maximum absolute atomic E-state index is 13.8. The van der Waals surface area contributed by atoms with Gasteiger partial charge in [-0.3, -0.25) is 0 Å². The molecule has 1 rings (SSSR count). The molecule has 120 valence electrons. The molecular weight excluding hydrogens is 302 g/mol. The van der Waals surface area contributed by atoms with Crippen LogP contribution in [0, 0.1) is 11.6 Å². The van der Waals surface area contributed by atoms with Crippen LogP contribution in [0.25, 0.3) is 0 Å². The first-order chi connectivity index (χ1) is 9.84. The summed E-state index contributed by atoms with van der Waals surface area (Å²) in [5, 5.41) is 2.76. The van der Waals surface area contributed by atoms with Gasteiger partial charge in [0.15, 0.2) is 11.6 Å². The second-order valence-electron chi connectivity index (χ2n) is 4.44. The van der Waals surface area contributed by atoms with Crippen molar-refractivity contribution < 1.29 is 21.9 Å². The number of hydrogen-bond donors (Lipinski definition) is 1. The number of benzene rings is 1. The van der Waals surface area contributed by atoms with Crippen molar-refractivity contribution >= 4 is 10.0 Å². The Morgan fingerprint density at radius 1 is 1.33 bits per heavy atom. The minimum atomic E-state index is -4.10. The molecule has 1 aromatic carbocycles. The standard InChI is InChI=1S/C13H20F2N2O3S/c1-4-20-6-5-17(3)21(18,19)12-8-10(9-16-2)7-11(14)13(12)15/h7-8,16H,4-6,9H2,1-3H3. The Bertz CT molecular complexity index is 579. The van der Waals surface area contributed by atoms with Crippen LogP contribution in [-0.2, 0) is 21.3 Å². The van der Waals surface area contributed by atoms with E-state index in [1.807, 2.05) is 0 Å². The van der Waals surface area contributed by atoms with E-state index in [2.05, 4.69) is 5.32 Å². The predicted octanol–water partition coefficient (Wildman–Crippen LogP) is 1.34. The lowest BCUT2D eigenvalue weighted by atomic mass is 10.2. The summed E-state index contributed by atoms with van der Waals surface area (Å²) < 4.78 is 58.0. The molecular formula is C13H20F2N2O3S. The summed E-state index contributed by atoms with van der Waals surface area (Å²) in [4.78, 5) is -0.660. The van der Waals surface area contributed by atoms with Gasteiger partial charge in [-0.25, -0.2) is 17.2 Å². The first-order valence-electron chi connectivity index (χ1n) is 6.51. The maximum Gasteiger partial charge on any atom is 0.245 e. The maximum atomic E-state index is 13.8. The van der Waals surface area contributed by atoms with E-state index >= 15 is 0 Å². The number of rotatable bonds is 8. The number of hydrogen-bond acceptors (Lipinski definition) is 4. The molecule has 0 aliphatic carbocycles. The lowest BCUT2D eigenvalue weighted by Gasteiger charge is -2.18. The molecule has 1 aromatic rings. The molecule has 0 aliphatic heterocycles. The first kappa shape index (κ1) is 18.0. The number of likely N-dealkylation sites (N-methyl/N-ethyl adjacent to an activating group) is 1. The summed E-state index contributed by atoms with van der Waals surface area (Å²) in [5.41, 5.74) is 0.355. The van der Waals surface area contributed by atoms with Crippen LogP contribution < -0.4 is 5.32 Å². The first-order valence-corrected chi connectivity index (χ1v) is 7.95. The fraction of sp³-hybridized carbons (Fsp3) is 0.538. The molecule has 0 bridgehead atoms. The number of ether oxygens (including phenoxy) is 1. The van der Waals surface area contributed by atoms with Crippen molar-refractivity contribution in [1.82, 2.24) is 9.62 Å². The van der Waals surface area contributed by atoms with Gasteiger partial charge in [-0.1, -0.05) is 0 Å². The highest BCUT2D eigenvalue weighted by atomic mass is 32.2. The van der Waals surface area contributed by atoms with Crippen LogP contribution in [0.4, 0.5) is 8.78 Å². The second kappa shape index (κ2) is 7.79. The molecule has 1 N–H and O–H groups in total. The van der Waals surface area contributed by atoms with Crippen molar-refractivity contribution in [2.75, 3.05) is 33.9 Å².